The minimum atomic E-state index is -1.27. The first-order valence-electron chi connectivity index (χ1n) is 5.63. The Morgan fingerprint density at radius 3 is 2.72 bits per heavy atom. The zero-order valence-electron chi connectivity index (χ0n) is 9.98. The molecule has 1 heterocycles. The lowest BCUT2D eigenvalue weighted by Gasteiger charge is -2.22. The predicted molar refractivity (Wildman–Crippen MR) is 59.8 cm³/mol. The van der Waals surface area contributed by atoms with E-state index in [9.17, 15) is 19.6 Å². The molecule has 0 amide bonds. The molecule has 18 heavy (non-hydrogen) atoms. The molecule has 0 aromatic carbocycles. The van der Waals surface area contributed by atoms with Crippen molar-refractivity contribution in [2.45, 2.75) is 31.5 Å². The number of aliphatic carboxylic acids is 1. The van der Waals surface area contributed by atoms with E-state index < -0.39 is 30.1 Å². The van der Waals surface area contributed by atoms with Crippen LogP contribution >= 0.6 is 0 Å². The molecule has 8 nitrogen and oxygen atoms in total. The molecule has 2 N–H and O–H groups in total. The van der Waals surface area contributed by atoms with Crippen LogP contribution in [0.3, 0.4) is 0 Å². The molecule has 0 aromatic rings. The van der Waals surface area contributed by atoms with Gasteiger partial charge in [0.25, 0.3) is 0 Å². The Hall–Kier alpha value is -1.54. The summed E-state index contributed by atoms with van der Waals surface area (Å²) >= 11 is 0. The molecule has 1 aliphatic rings. The van der Waals surface area contributed by atoms with E-state index in [1.165, 1.54) is 4.90 Å². The van der Waals surface area contributed by atoms with Gasteiger partial charge in [-0.1, -0.05) is 5.18 Å². The minimum Gasteiger partial charge on any atom is -0.480 e. The molecule has 1 rings (SSSR count). The molecule has 1 fully saturated rings. The zero-order valence-corrected chi connectivity index (χ0v) is 9.98. The van der Waals surface area contributed by atoms with Gasteiger partial charge >= 0.3 is 11.9 Å². The van der Waals surface area contributed by atoms with Crippen LogP contribution in [0.25, 0.3) is 0 Å². The third kappa shape index (κ3) is 3.47. The van der Waals surface area contributed by atoms with Crippen LogP contribution in [0.15, 0.2) is 5.18 Å². The first-order chi connectivity index (χ1) is 8.49. The summed E-state index contributed by atoms with van der Waals surface area (Å²) in [7, 11) is 0. The number of esters is 1. The molecule has 102 valence electrons. The summed E-state index contributed by atoms with van der Waals surface area (Å²) < 4.78 is 4.66. The number of carbonyl (C=O) groups is 2. The fourth-order valence-electron chi connectivity index (χ4n) is 1.95. The molecular formula is C10H16N2O6. The van der Waals surface area contributed by atoms with E-state index in [0.29, 0.717) is 0 Å². The van der Waals surface area contributed by atoms with Gasteiger partial charge in [0.1, 0.15) is 6.04 Å². The Bertz CT molecular complexity index is 334. The number of likely N-dealkylation sites (tertiary alicyclic amines) is 1. The average Bonchev–Trinajstić information content (AvgIpc) is 2.67. The van der Waals surface area contributed by atoms with Crippen molar-refractivity contribution < 1.29 is 24.5 Å². The quantitative estimate of drug-likeness (QED) is 0.474. The van der Waals surface area contributed by atoms with Crippen molar-refractivity contribution in [3.8, 4) is 0 Å². The fraction of sp³-hybridized carbons (Fsp3) is 0.800. The molecule has 0 saturated carbocycles. The summed E-state index contributed by atoms with van der Waals surface area (Å²) in [6.45, 7) is 1.66. The van der Waals surface area contributed by atoms with Crippen molar-refractivity contribution in [2.75, 3.05) is 19.7 Å². The maximum Gasteiger partial charge on any atom is 0.335 e. The van der Waals surface area contributed by atoms with E-state index in [-0.39, 0.29) is 26.1 Å². The Morgan fingerprint density at radius 2 is 2.22 bits per heavy atom. The molecule has 1 saturated heterocycles. The van der Waals surface area contributed by atoms with Crippen LogP contribution in [0.4, 0.5) is 0 Å². The molecular weight excluding hydrogens is 244 g/mol. The van der Waals surface area contributed by atoms with Crippen LogP contribution < -0.4 is 0 Å². The summed E-state index contributed by atoms with van der Waals surface area (Å²) in [5.74, 6) is -1.88. The van der Waals surface area contributed by atoms with Crippen molar-refractivity contribution in [3.63, 3.8) is 0 Å². The highest BCUT2D eigenvalue weighted by molar-refractivity contribution is 5.77. The molecule has 0 bridgehead atoms. The van der Waals surface area contributed by atoms with E-state index in [1.54, 1.807) is 6.92 Å². The molecule has 0 aromatic heterocycles. The topological polar surface area (TPSA) is 116 Å². The van der Waals surface area contributed by atoms with Crippen LogP contribution in [0, 0.1) is 4.91 Å². The Kier molecular flexibility index (Phi) is 5.17. The SMILES string of the molecule is CCOC(=O)C(CN1CC(O)CC1C(=O)O)N=O. The van der Waals surface area contributed by atoms with Gasteiger partial charge in [0.15, 0.2) is 0 Å². The third-order valence-electron chi connectivity index (χ3n) is 2.76. The van der Waals surface area contributed by atoms with E-state index in [0.717, 1.165) is 0 Å². The second kappa shape index (κ2) is 6.41. The standard InChI is InChI=1S/C10H16N2O6/c1-2-18-10(16)7(11-17)5-12-4-6(13)3-8(12)9(14)15/h6-8,13H,2-5H2,1H3,(H,14,15). The Labute approximate surface area is 103 Å². The van der Waals surface area contributed by atoms with Gasteiger partial charge in [-0.15, -0.1) is 4.91 Å². The predicted octanol–water partition coefficient (Wildman–Crippen LogP) is -0.796. The second-order valence-corrected chi connectivity index (χ2v) is 4.07. The van der Waals surface area contributed by atoms with Crippen LogP contribution in [0.1, 0.15) is 13.3 Å². The number of carbonyl (C=O) groups excluding carboxylic acids is 1. The van der Waals surface area contributed by atoms with Gasteiger partial charge in [-0.05, 0) is 6.92 Å². The highest BCUT2D eigenvalue weighted by atomic mass is 16.5. The molecule has 3 unspecified atom stereocenters. The summed E-state index contributed by atoms with van der Waals surface area (Å²) in [4.78, 5) is 34.2. The first kappa shape index (κ1) is 14.5. The molecule has 0 aliphatic carbocycles. The number of carboxylic acids is 1. The normalized spacial score (nSPS) is 25.7. The van der Waals surface area contributed by atoms with Gasteiger partial charge in [-0.2, -0.15) is 0 Å². The van der Waals surface area contributed by atoms with Gasteiger partial charge in [-0.3, -0.25) is 9.69 Å². The van der Waals surface area contributed by atoms with E-state index in [2.05, 4.69) is 9.91 Å². The van der Waals surface area contributed by atoms with Crippen molar-refractivity contribution in [1.29, 1.82) is 0 Å². The molecule has 3 atom stereocenters. The fourth-order valence-corrected chi connectivity index (χ4v) is 1.95. The van der Waals surface area contributed by atoms with E-state index in [1.807, 2.05) is 0 Å². The van der Waals surface area contributed by atoms with Crippen LogP contribution in [0.5, 0.6) is 0 Å². The number of hydrogen-bond acceptors (Lipinski definition) is 7. The van der Waals surface area contributed by atoms with Crippen LogP contribution in [0.2, 0.25) is 0 Å². The largest absolute Gasteiger partial charge is 0.480 e. The molecule has 0 radical (unpaired) electrons. The monoisotopic (exact) mass is 260 g/mol. The number of aliphatic hydroxyl groups excluding tert-OH is 1. The third-order valence-corrected chi connectivity index (χ3v) is 2.76. The maximum atomic E-state index is 11.4. The van der Waals surface area contributed by atoms with Crippen molar-refractivity contribution in [3.05, 3.63) is 4.91 Å². The smallest absolute Gasteiger partial charge is 0.335 e. The molecule has 8 heteroatoms. The first-order valence-corrected chi connectivity index (χ1v) is 5.63. The lowest BCUT2D eigenvalue weighted by Crippen LogP contribution is -2.43. The van der Waals surface area contributed by atoms with Crippen molar-refractivity contribution in [1.82, 2.24) is 4.90 Å². The number of hydrogen-bond donors (Lipinski definition) is 2. The van der Waals surface area contributed by atoms with Gasteiger partial charge in [0.05, 0.1) is 12.7 Å². The summed E-state index contributed by atoms with van der Waals surface area (Å²) in [6, 6.07) is -2.17. The number of aliphatic hydroxyl groups is 1. The number of β-amino-alcohol motifs (C(OH)–C–C–N with tert-alkyl or cyclic N) is 1. The lowest BCUT2D eigenvalue weighted by atomic mass is 10.2. The van der Waals surface area contributed by atoms with Crippen molar-refractivity contribution >= 4 is 11.9 Å². The summed E-state index contributed by atoms with van der Waals surface area (Å²) in [5, 5.41) is 21.0. The zero-order chi connectivity index (χ0) is 13.7. The molecule has 1 aliphatic heterocycles. The minimum absolute atomic E-state index is 0.0732. The summed E-state index contributed by atoms with van der Waals surface area (Å²) in [6.07, 6.45) is -0.704. The number of rotatable bonds is 6. The Morgan fingerprint density at radius 1 is 1.56 bits per heavy atom. The van der Waals surface area contributed by atoms with Crippen LogP contribution in [-0.4, -0.2) is 64.9 Å². The lowest BCUT2D eigenvalue weighted by molar-refractivity contribution is -0.147. The van der Waals surface area contributed by atoms with Gasteiger partial charge in [-0.25, -0.2) is 4.79 Å². The van der Waals surface area contributed by atoms with Crippen LogP contribution in [-0.2, 0) is 14.3 Å². The number of carboxylic acid groups (broad SMARTS) is 1. The maximum absolute atomic E-state index is 11.4. The Balaban J connectivity index is 2.65. The highest BCUT2D eigenvalue weighted by Gasteiger charge is 2.38. The van der Waals surface area contributed by atoms with E-state index in [4.69, 9.17) is 5.11 Å². The molecule has 0 spiro atoms. The van der Waals surface area contributed by atoms with Gasteiger partial charge in [0.2, 0.25) is 6.04 Å². The van der Waals surface area contributed by atoms with E-state index >= 15 is 0 Å². The van der Waals surface area contributed by atoms with Gasteiger partial charge < -0.3 is 14.9 Å². The number of ether oxygens (including phenoxy) is 1. The average molecular weight is 260 g/mol. The highest BCUT2D eigenvalue weighted by Crippen LogP contribution is 2.19. The second-order valence-electron chi connectivity index (χ2n) is 4.07. The number of nitrogens with zero attached hydrogens (tertiary/aromatic N) is 2. The number of nitroso groups, excluding NO2 is 1. The summed E-state index contributed by atoms with van der Waals surface area (Å²) in [5.41, 5.74) is 0. The van der Waals surface area contributed by atoms with Crippen molar-refractivity contribution in [2.24, 2.45) is 5.18 Å². The van der Waals surface area contributed by atoms with Gasteiger partial charge in [0, 0.05) is 19.5 Å².